The Kier molecular flexibility index (Phi) is 4.83. The van der Waals surface area contributed by atoms with Crippen LogP contribution in [-0.4, -0.2) is 33.5 Å². The summed E-state index contributed by atoms with van der Waals surface area (Å²) in [6, 6.07) is 10.6. The first-order valence-corrected chi connectivity index (χ1v) is 8.63. The second-order valence-electron chi connectivity index (χ2n) is 5.95. The van der Waals surface area contributed by atoms with Crippen LogP contribution in [0.25, 0.3) is 0 Å². The maximum Gasteiger partial charge on any atom is 0.267 e. The Morgan fingerprint density at radius 1 is 1.27 bits per heavy atom. The molecule has 5 heteroatoms. The number of aryl methyl sites for hydroxylation is 2. The molecule has 0 bridgehead atoms. The summed E-state index contributed by atoms with van der Waals surface area (Å²) in [4.78, 5) is 15.1. The molecule has 1 aliphatic heterocycles. The third kappa shape index (κ3) is 3.53. The van der Waals surface area contributed by atoms with Gasteiger partial charge in [-0.2, -0.15) is 0 Å². The predicted molar refractivity (Wildman–Crippen MR) is 88.0 cm³/mol. The third-order valence-corrected chi connectivity index (χ3v) is 5.25. The summed E-state index contributed by atoms with van der Waals surface area (Å²) in [5.41, 5.74) is 2.16. The van der Waals surface area contributed by atoms with Gasteiger partial charge < -0.3 is 4.90 Å². The van der Waals surface area contributed by atoms with Gasteiger partial charge in [-0.1, -0.05) is 34.8 Å². The average molecular weight is 315 g/mol. The molecule has 0 atom stereocenters. The molecule has 0 unspecified atom stereocenters. The molecule has 1 amide bonds. The van der Waals surface area contributed by atoms with Crippen LogP contribution >= 0.6 is 11.5 Å². The molecule has 3 rings (SSSR count). The van der Waals surface area contributed by atoms with E-state index in [1.54, 1.807) is 0 Å². The van der Waals surface area contributed by atoms with Crippen molar-refractivity contribution in [3.05, 3.63) is 46.5 Å². The molecule has 116 valence electrons. The number of benzene rings is 1. The smallest absolute Gasteiger partial charge is 0.267 e. The van der Waals surface area contributed by atoms with E-state index < -0.39 is 0 Å². The number of nitrogens with zero attached hydrogens (tertiary/aromatic N) is 3. The highest BCUT2D eigenvalue weighted by molar-refractivity contribution is 7.07. The predicted octanol–water partition coefficient (Wildman–Crippen LogP) is 3.33. The summed E-state index contributed by atoms with van der Waals surface area (Å²) in [5, 5.41) is 3.93. The molecule has 0 radical (unpaired) electrons. The lowest BCUT2D eigenvalue weighted by Gasteiger charge is -2.31. The van der Waals surface area contributed by atoms with Crippen LogP contribution in [0.15, 0.2) is 30.3 Å². The van der Waals surface area contributed by atoms with Crippen LogP contribution < -0.4 is 0 Å². The molecule has 0 aliphatic carbocycles. The highest BCUT2D eigenvalue weighted by atomic mass is 32.1. The lowest BCUT2D eigenvalue weighted by molar-refractivity contribution is 0.0691. The van der Waals surface area contributed by atoms with E-state index in [-0.39, 0.29) is 5.91 Å². The number of amides is 1. The van der Waals surface area contributed by atoms with E-state index in [0.717, 1.165) is 44.0 Å². The van der Waals surface area contributed by atoms with Crippen molar-refractivity contribution in [1.29, 1.82) is 0 Å². The van der Waals surface area contributed by atoms with Crippen molar-refractivity contribution in [3.8, 4) is 0 Å². The summed E-state index contributed by atoms with van der Waals surface area (Å²) < 4.78 is 3.86. The minimum Gasteiger partial charge on any atom is -0.338 e. The van der Waals surface area contributed by atoms with Crippen molar-refractivity contribution in [2.24, 2.45) is 5.92 Å². The molecule has 1 fully saturated rings. The summed E-state index contributed by atoms with van der Waals surface area (Å²) >= 11 is 1.21. The molecule has 1 aromatic heterocycles. The van der Waals surface area contributed by atoms with Gasteiger partial charge in [0.1, 0.15) is 4.88 Å². The van der Waals surface area contributed by atoms with E-state index in [1.807, 2.05) is 11.8 Å². The Bertz CT molecular complexity index is 618. The number of hydrogen-bond acceptors (Lipinski definition) is 4. The van der Waals surface area contributed by atoms with E-state index in [1.165, 1.54) is 23.5 Å². The topological polar surface area (TPSA) is 46.1 Å². The van der Waals surface area contributed by atoms with Crippen molar-refractivity contribution in [3.63, 3.8) is 0 Å². The number of rotatable bonds is 4. The lowest BCUT2D eigenvalue weighted by atomic mass is 9.90. The molecule has 0 spiro atoms. The number of piperidine rings is 1. The van der Waals surface area contributed by atoms with E-state index in [9.17, 15) is 4.79 Å². The molecule has 1 aromatic carbocycles. The van der Waals surface area contributed by atoms with Crippen molar-refractivity contribution in [2.75, 3.05) is 13.1 Å². The standard InChI is InChI=1S/C17H21N3OS/c1-13-16(22-19-18-13)17(21)20-11-9-15(10-12-20)8-7-14-5-3-2-4-6-14/h2-6,15H,7-12H2,1H3. The quantitative estimate of drug-likeness (QED) is 0.869. The molecule has 1 aliphatic rings. The van der Waals surface area contributed by atoms with Gasteiger partial charge in [0.15, 0.2) is 0 Å². The average Bonchev–Trinajstić information content (AvgIpc) is 3.00. The molecular weight excluding hydrogens is 294 g/mol. The van der Waals surface area contributed by atoms with Gasteiger partial charge in [-0.05, 0) is 55.6 Å². The first kappa shape index (κ1) is 15.2. The second kappa shape index (κ2) is 7.01. The van der Waals surface area contributed by atoms with Crippen molar-refractivity contribution < 1.29 is 4.79 Å². The zero-order valence-corrected chi connectivity index (χ0v) is 13.7. The zero-order chi connectivity index (χ0) is 15.4. The van der Waals surface area contributed by atoms with Crippen LogP contribution in [0.5, 0.6) is 0 Å². The molecule has 22 heavy (non-hydrogen) atoms. The molecule has 4 nitrogen and oxygen atoms in total. The molecular formula is C17H21N3OS. The van der Waals surface area contributed by atoms with Crippen LogP contribution in [0.2, 0.25) is 0 Å². The number of aromatic nitrogens is 2. The minimum absolute atomic E-state index is 0.106. The van der Waals surface area contributed by atoms with Gasteiger partial charge >= 0.3 is 0 Å². The minimum atomic E-state index is 0.106. The van der Waals surface area contributed by atoms with Gasteiger partial charge in [0, 0.05) is 13.1 Å². The van der Waals surface area contributed by atoms with Gasteiger partial charge in [-0.3, -0.25) is 4.79 Å². The number of carbonyl (C=O) groups is 1. The van der Waals surface area contributed by atoms with E-state index in [0.29, 0.717) is 4.88 Å². The molecule has 2 aromatic rings. The zero-order valence-electron chi connectivity index (χ0n) is 12.9. The van der Waals surface area contributed by atoms with Gasteiger partial charge in [0.25, 0.3) is 5.91 Å². The van der Waals surface area contributed by atoms with Gasteiger partial charge in [-0.15, -0.1) is 5.10 Å². The first-order valence-electron chi connectivity index (χ1n) is 7.86. The van der Waals surface area contributed by atoms with Crippen LogP contribution in [-0.2, 0) is 6.42 Å². The first-order chi connectivity index (χ1) is 10.7. The molecule has 1 saturated heterocycles. The van der Waals surface area contributed by atoms with Crippen LogP contribution in [0.1, 0.15) is 40.2 Å². The number of hydrogen-bond donors (Lipinski definition) is 0. The van der Waals surface area contributed by atoms with Crippen molar-refractivity contribution in [2.45, 2.75) is 32.6 Å². The van der Waals surface area contributed by atoms with Gasteiger partial charge in [0.05, 0.1) is 5.69 Å². The Balaban J connectivity index is 1.48. The highest BCUT2D eigenvalue weighted by Crippen LogP contribution is 2.24. The molecule has 0 N–H and O–H groups in total. The summed E-state index contributed by atoms with van der Waals surface area (Å²) in [6.45, 7) is 3.56. The van der Waals surface area contributed by atoms with Gasteiger partial charge in [0.2, 0.25) is 0 Å². The van der Waals surface area contributed by atoms with Crippen LogP contribution in [0.4, 0.5) is 0 Å². The molecule has 0 saturated carbocycles. The lowest BCUT2D eigenvalue weighted by Crippen LogP contribution is -2.38. The Hall–Kier alpha value is -1.75. The fourth-order valence-electron chi connectivity index (χ4n) is 3.01. The van der Waals surface area contributed by atoms with Crippen molar-refractivity contribution in [1.82, 2.24) is 14.5 Å². The fourth-order valence-corrected chi connectivity index (χ4v) is 3.64. The summed E-state index contributed by atoms with van der Waals surface area (Å²) in [6.07, 6.45) is 4.55. The normalized spacial score (nSPS) is 16.0. The van der Waals surface area contributed by atoms with E-state index >= 15 is 0 Å². The summed E-state index contributed by atoms with van der Waals surface area (Å²) in [7, 11) is 0. The van der Waals surface area contributed by atoms with Gasteiger partial charge in [-0.25, -0.2) is 0 Å². The van der Waals surface area contributed by atoms with Crippen LogP contribution in [0.3, 0.4) is 0 Å². The number of carbonyl (C=O) groups excluding carboxylic acids is 1. The highest BCUT2D eigenvalue weighted by Gasteiger charge is 2.25. The van der Waals surface area contributed by atoms with E-state index in [2.05, 4.69) is 39.9 Å². The Labute approximate surface area is 135 Å². The second-order valence-corrected chi connectivity index (χ2v) is 6.70. The van der Waals surface area contributed by atoms with E-state index in [4.69, 9.17) is 0 Å². The fraction of sp³-hybridized carbons (Fsp3) is 0.471. The number of likely N-dealkylation sites (tertiary alicyclic amines) is 1. The van der Waals surface area contributed by atoms with Crippen LogP contribution in [0, 0.1) is 12.8 Å². The third-order valence-electron chi connectivity index (χ3n) is 4.43. The van der Waals surface area contributed by atoms with Crippen molar-refractivity contribution >= 4 is 17.4 Å². The molecule has 2 heterocycles. The maximum atomic E-state index is 12.4. The summed E-state index contributed by atoms with van der Waals surface area (Å²) in [5.74, 6) is 0.832. The Morgan fingerprint density at radius 2 is 2.00 bits per heavy atom. The Morgan fingerprint density at radius 3 is 2.64 bits per heavy atom. The largest absolute Gasteiger partial charge is 0.338 e. The SMILES string of the molecule is Cc1nnsc1C(=O)N1CCC(CCc2ccccc2)CC1. The maximum absolute atomic E-state index is 12.4. The monoisotopic (exact) mass is 315 g/mol.